The molecule has 0 unspecified atom stereocenters. The predicted octanol–water partition coefficient (Wildman–Crippen LogP) is 0.398. The van der Waals surface area contributed by atoms with Gasteiger partial charge in [-0.15, -0.1) is 0 Å². The van der Waals surface area contributed by atoms with Crippen molar-refractivity contribution in [1.82, 2.24) is 4.98 Å². The standard InChI is InChI=1S/C11H7N3O4/c1-17-10(15)7-3-6(4-12)14-8(5-13)9(7)11(16)18-2/h3H,1-2H3. The number of hydrogen-bond donors (Lipinski definition) is 0. The first-order valence-corrected chi connectivity index (χ1v) is 4.60. The summed E-state index contributed by atoms with van der Waals surface area (Å²) in [5.74, 6) is -1.75. The Morgan fingerprint density at radius 3 is 2.22 bits per heavy atom. The van der Waals surface area contributed by atoms with Crippen molar-refractivity contribution in [2.45, 2.75) is 0 Å². The SMILES string of the molecule is COC(=O)c1cc(C#N)nc(C#N)c1C(=O)OC. The van der Waals surface area contributed by atoms with Gasteiger partial charge in [0.15, 0.2) is 5.69 Å². The fraction of sp³-hybridized carbons (Fsp3) is 0.182. The molecule has 0 aromatic carbocycles. The lowest BCUT2D eigenvalue weighted by Crippen LogP contribution is -2.15. The average molecular weight is 245 g/mol. The normalized spacial score (nSPS) is 8.89. The molecule has 1 aromatic heterocycles. The third kappa shape index (κ3) is 2.25. The first-order chi connectivity index (χ1) is 8.58. The van der Waals surface area contributed by atoms with Gasteiger partial charge in [0, 0.05) is 0 Å². The molecule has 0 spiro atoms. The number of rotatable bonds is 2. The first kappa shape index (κ1) is 13.1. The molecule has 0 saturated carbocycles. The number of aromatic nitrogens is 1. The number of nitriles is 2. The Morgan fingerprint density at radius 2 is 1.78 bits per heavy atom. The van der Waals surface area contributed by atoms with Crippen LogP contribution >= 0.6 is 0 Å². The molecule has 7 nitrogen and oxygen atoms in total. The van der Waals surface area contributed by atoms with Crippen LogP contribution in [-0.2, 0) is 9.47 Å². The van der Waals surface area contributed by atoms with Crippen molar-refractivity contribution in [3.63, 3.8) is 0 Å². The van der Waals surface area contributed by atoms with E-state index in [9.17, 15) is 9.59 Å². The Hall–Kier alpha value is -2.93. The van der Waals surface area contributed by atoms with E-state index in [0.717, 1.165) is 20.3 Å². The monoisotopic (exact) mass is 245 g/mol. The Bertz CT molecular complexity index is 596. The van der Waals surface area contributed by atoms with Crippen molar-refractivity contribution in [1.29, 1.82) is 10.5 Å². The highest BCUT2D eigenvalue weighted by Gasteiger charge is 2.24. The van der Waals surface area contributed by atoms with E-state index in [2.05, 4.69) is 14.5 Å². The van der Waals surface area contributed by atoms with E-state index < -0.39 is 11.9 Å². The fourth-order valence-corrected chi connectivity index (χ4v) is 1.26. The molecule has 7 heteroatoms. The molecular formula is C11H7N3O4. The lowest BCUT2D eigenvalue weighted by Gasteiger charge is -2.07. The van der Waals surface area contributed by atoms with E-state index in [-0.39, 0.29) is 22.5 Å². The molecule has 0 radical (unpaired) electrons. The maximum absolute atomic E-state index is 11.5. The number of carbonyl (C=O) groups is 2. The molecule has 1 aromatic rings. The van der Waals surface area contributed by atoms with Gasteiger partial charge < -0.3 is 9.47 Å². The van der Waals surface area contributed by atoms with E-state index in [0.29, 0.717) is 0 Å². The molecule has 1 rings (SSSR count). The van der Waals surface area contributed by atoms with Crippen LogP contribution in [0.4, 0.5) is 0 Å². The summed E-state index contributed by atoms with van der Waals surface area (Å²) in [4.78, 5) is 26.7. The van der Waals surface area contributed by atoms with Gasteiger partial charge in [0.25, 0.3) is 0 Å². The predicted molar refractivity (Wildman–Crippen MR) is 56.3 cm³/mol. The molecule has 1 heterocycles. The van der Waals surface area contributed by atoms with Crippen LogP contribution in [0.2, 0.25) is 0 Å². The van der Waals surface area contributed by atoms with Crippen LogP contribution in [0.1, 0.15) is 32.1 Å². The fourth-order valence-electron chi connectivity index (χ4n) is 1.26. The molecule has 0 amide bonds. The lowest BCUT2D eigenvalue weighted by atomic mass is 10.1. The zero-order valence-electron chi connectivity index (χ0n) is 9.55. The van der Waals surface area contributed by atoms with Crippen molar-refractivity contribution in [3.05, 3.63) is 28.6 Å². The first-order valence-electron chi connectivity index (χ1n) is 4.60. The Morgan fingerprint density at radius 1 is 1.17 bits per heavy atom. The van der Waals surface area contributed by atoms with Crippen molar-refractivity contribution < 1.29 is 19.1 Å². The molecule has 0 bridgehead atoms. The lowest BCUT2D eigenvalue weighted by molar-refractivity contribution is 0.0554. The smallest absolute Gasteiger partial charge is 0.341 e. The second kappa shape index (κ2) is 5.41. The Kier molecular flexibility index (Phi) is 3.95. The minimum absolute atomic E-state index is 0.167. The number of hydrogen-bond acceptors (Lipinski definition) is 7. The third-order valence-electron chi connectivity index (χ3n) is 2.03. The van der Waals surface area contributed by atoms with Crippen LogP contribution < -0.4 is 0 Å². The van der Waals surface area contributed by atoms with Gasteiger partial charge in [-0.05, 0) is 6.07 Å². The van der Waals surface area contributed by atoms with E-state index in [1.54, 1.807) is 12.1 Å². The summed E-state index contributed by atoms with van der Waals surface area (Å²) in [6.45, 7) is 0. The summed E-state index contributed by atoms with van der Waals surface area (Å²) < 4.78 is 8.94. The molecule has 0 aliphatic rings. The second-order valence-electron chi connectivity index (χ2n) is 2.99. The largest absolute Gasteiger partial charge is 0.465 e. The summed E-state index contributed by atoms with van der Waals surface area (Å²) in [5, 5.41) is 17.6. The highest BCUT2D eigenvalue weighted by atomic mass is 16.5. The number of pyridine rings is 1. The number of methoxy groups -OCH3 is 2. The van der Waals surface area contributed by atoms with Crippen molar-refractivity contribution >= 4 is 11.9 Å². The summed E-state index contributed by atoms with van der Waals surface area (Å²) in [6.07, 6.45) is 0. The Labute approximate surface area is 102 Å². The van der Waals surface area contributed by atoms with Crippen molar-refractivity contribution in [2.75, 3.05) is 14.2 Å². The zero-order chi connectivity index (χ0) is 13.7. The van der Waals surface area contributed by atoms with Gasteiger partial charge >= 0.3 is 11.9 Å². The molecule has 90 valence electrons. The van der Waals surface area contributed by atoms with Crippen LogP contribution in [0.5, 0.6) is 0 Å². The van der Waals surface area contributed by atoms with E-state index in [1.807, 2.05) is 0 Å². The summed E-state index contributed by atoms with van der Waals surface area (Å²) in [5.41, 5.74) is -1.07. The van der Waals surface area contributed by atoms with Crippen LogP contribution in [0, 0.1) is 22.7 Å². The molecular weight excluding hydrogens is 238 g/mol. The van der Waals surface area contributed by atoms with E-state index in [1.165, 1.54) is 0 Å². The minimum Gasteiger partial charge on any atom is -0.465 e. The van der Waals surface area contributed by atoms with Gasteiger partial charge in [-0.3, -0.25) is 0 Å². The molecule has 0 saturated heterocycles. The summed E-state index contributed by atoms with van der Waals surface area (Å²) in [6, 6.07) is 4.39. The highest BCUT2D eigenvalue weighted by Crippen LogP contribution is 2.16. The second-order valence-corrected chi connectivity index (χ2v) is 2.99. The molecule has 0 atom stereocenters. The van der Waals surface area contributed by atoms with Gasteiger partial charge in [-0.1, -0.05) is 0 Å². The molecule has 0 aliphatic carbocycles. The van der Waals surface area contributed by atoms with E-state index >= 15 is 0 Å². The average Bonchev–Trinajstić information content (AvgIpc) is 2.43. The molecule has 18 heavy (non-hydrogen) atoms. The number of carbonyl (C=O) groups excluding carboxylic acids is 2. The van der Waals surface area contributed by atoms with E-state index in [4.69, 9.17) is 10.5 Å². The van der Waals surface area contributed by atoms with Crippen LogP contribution in [-0.4, -0.2) is 31.1 Å². The maximum Gasteiger partial charge on any atom is 0.341 e. The maximum atomic E-state index is 11.5. The van der Waals surface area contributed by atoms with Crippen LogP contribution in [0.25, 0.3) is 0 Å². The molecule has 0 aliphatic heterocycles. The van der Waals surface area contributed by atoms with Gasteiger partial charge in [0.2, 0.25) is 0 Å². The third-order valence-corrected chi connectivity index (χ3v) is 2.03. The van der Waals surface area contributed by atoms with Crippen LogP contribution in [0.3, 0.4) is 0 Å². The van der Waals surface area contributed by atoms with Gasteiger partial charge in [0.1, 0.15) is 23.4 Å². The molecule has 0 N–H and O–H groups in total. The van der Waals surface area contributed by atoms with Gasteiger partial charge in [-0.25, -0.2) is 14.6 Å². The van der Waals surface area contributed by atoms with Gasteiger partial charge in [-0.2, -0.15) is 10.5 Å². The van der Waals surface area contributed by atoms with Crippen molar-refractivity contribution in [2.24, 2.45) is 0 Å². The zero-order valence-corrected chi connectivity index (χ0v) is 9.55. The molecule has 0 fully saturated rings. The number of esters is 2. The van der Waals surface area contributed by atoms with Crippen molar-refractivity contribution in [3.8, 4) is 12.1 Å². The quantitative estimate of drug-likeness (QED) is 0.692. The number of nitrogens with zero attached hydrogens (tertiary/aromatic N) is 3. The minimum atomic E-state index is -0.899. The van der Waals surface area contributed by atoms with Gasteiger partial charge in [0.05, 0.1) is 19.8 Å². The van der Waals surface area contributed by atoms with Crippen LogP contribution in [0.15, 0.2) is 6.07 Å². The highest BCUT2D eigenvalue weighted by molar-refractivity contribution is 6.04. The topological polar surface area (TPSA) is 113 Å². The summed E-state index contributed by atoms with van der Waals surface area (Å²) in [7, 11) is 2.21. The summed E-state index contributed by atoms with van der Waals surface area (Å²) >= 11 is 0. The number of ether oxygens (including phenoxy) is 2. The Balaban J connectivity index is 3.65.